The summed E-state index contributed by atoms with van der Waals surface area (Å²) in [7, 11) is 0. The van der Waals surface area contributed by atoms with Crippen molar-refractivity contribution in [2.75, 3.05) is 18.4 Å². The molecule has 0 aromatic heterocycles. The van der Waals surface area contributed by atoms with Gasteiger partial charge in [-0.25, -0.2) is 0 Å². The molecule has 1 rings (SSSR count). The summed E-state index contributed by atoms with van der Waals surface area (Å²) in [5.41, 5.74) is 0.786. The Balaban J connectivity index is 2.76. The van der Waals surface area contributed by atoms with Crippen molar-refractivity contribution in [3.63, 3.8) is 0 Å². The van der Waals surface area contributed by atoms with Gasteiger partial charge in [-0.3, -0.25) is 4.79 Å². The Morgan fingerprint density at radius 2 is 2.18 bits per heavy atom. The molecule has 2 nitrogen and oxygen atoms in total. The number of halogens is 2. The molecule has 0 N–H and O–H groups in total. The maximum atomic E-state index is 12.3. The van der Waals surface area contributed by atoms with E-state index in [-0.39, 0.29) is 5.91 Å². The lowest BCUT2D eigenvalue weighted by Gasteiger charge is -2.21. The van der Waals surface area contributed by atoms with E-state index in [1.165, 1.54) is 0 Å². The Kier molecular flexibility index (Phi) is 7.11. The van der Waals surface area contributed by atoms with Gasteiger partial charge in [0, 0.05) is 27.6 Å². The van der Waals surface area contributed by atoms with Gasteiger partial charge < -0.3 is 4.90 Å². The van der Waals surface area contributed by atoms with Gasteiger partial charge in [0.05, 0.1) is 0 Å². The summed E-state index contributed by atoms with van der Waals surface area (Å²) >= 11 is 5.63. The molecular formula is C13H17BrINO. The zero-order valence-electron chi connectivity index (χ0n) is 9.96. The molecule has 17 heavy (non-hydrogen) atoms. The molecule has 0 spiro atoms. The fraction of sp³-hybridized carbons (Fsp3) is 0.462. The highest BCUT2D eigenvalue weighted by atomic mass is 127. The lowest BCUT2D eigenvalue weighted by molar-refractivity contribution is 0.0764. The van der Waals surface area contributed by atoms with Gasteiger partial charge in [-0.05, 0) is 47.2 Å². The Morgan fingerprint density at radius 1 is 1.41 bits per heavy atom. The van der Waals surface area contributed by atoms with Crippen molar-refractivity contribution < 1.29 is 4.79 Å². The third-order valence-corrected chi connectivity index (χ3v) is 3.52. The average Bonchev–Trinajstić information content (AvgIpc) is 2.33. The SMILES string of the molecule is CCCCN(CCBr)C(=O)c1cccc(I)c1. The summed E-state index contributed by atoms with van der Waals surface area (Å²) in [5, 5.41) is 0.826. The van der Waals surface area contributed by atoms with Gasteiger partial charge in [0.1, 0.15) is 0 Å². The number of hydrogen-bond donors (Lipinski definition) is 0. The monoisotopic (exact) mass is 409 g/mol. The van der Waals surface area contributed by atoms with Crippen LogP contribution in [0.3, 0.4) is 0 Å². The van der Waals surface area contributed by atoms with Gasteiger partial charge in [-0.15, -0.1) is 0 Å². The topological polar surface area (TPSA) is 20.3 Å². The van der Waals surface area contributed by atoms with E-state index in [2.05, 4.69) is 45.4 Å². The predicted molar refractivity (Wildman–Crippen MR) is 83.8 cm³/mol. The van der Waals surface area contributed by atoms with Crippen molar-refractivity contribution in [1.82, 2.24) is 4.90 Å². The summed E-state index contributed by atoms with van der Waals surface area (Å²) in [6.07, 6.45) is 2.17. The second kappa shape index (κ2) is 8.08. The lowest BCUT2D eigenvalue weighted by atomic mass is 10.2. The molecule has 0 radical (unpaired) electrons. The molecular weight excluding hydrogens is 393 g/mol. The highest BCUT2D eigenvalue weighted by Gasteiger charge is 2.14. The Labute approximate surface area is 125 Å². The summed E-state index contributed by atoms with van der Waals surface area (Å²) in [6.45, 7) is 3.75. The number of nitrogens with zero attached hydrogens (tertiary/aromatic N) is 1. The standard InChI is InChI=1S/C13H17BrINO/c1-2-3-8-16(9-7-14)13(17)11-5-4-6-12(15)10-11/h4-6,10H,2-3,7-9H2,1H3. The lowest BCUT2D eigenvalue weighted by Crippen LogP contribution is -2.33. The van der Waals surface area contributed by atoms with E-state index in [0.717, 1.165) is 40.4 Å². The van der Waals surface area contributed by atoms with Crippen molar-refractivity contribution in [1.29, 1.82) is 0 Å². The van der Waals surface area contributed by atoms with E-state index in [1.54, 1.807) is 0 Å². The van der Waals surface area contributed by atoms with Gasteiger partial charge in [-0.2, -0.15) is 0 Å². The average molecular weight is 410 g/mol. The molecule has 0 bridgehead atoms. The van der Waals surface area contributed by atoms with Crippen molar-refractivity contribution >= 4 is 44.4 Å². The van der Waals surface area contributed by atoms with E-state index in [9.17, 15) is 4.79 Å². The molecule has 0 fully saturated rings. The number of benzene rings is 1. The van der Waals surface area contributed by atoms with Crippen LogP contribution < -0.4 is 0 Å². The van der Waals surface area contributed by atoms with Crippen LogP contribution in [-0.2, 0) is 0 Å². The van der Waals surface area contributed by atoms with Crippen LogP contribution in [0.15, 0.2) is 24.3 Å². The number of unbranched alkanes of at least 4 members (excludes halogenated alkanes) is 1. The number of rotatable bonds is 6. The summed E-state index contributed by atoms with van der Waals surface area (Å²) in [4.78, 5) is 14.2. The third-order valence-electron chi connectivity index (χ3n) is 2.49. The summed E-state index contributed by atoms with van der Waals surface area (Å²) < 4.78 is 1.10. The molecule has 0 saturated heterocycles. The predicted octanol–water partition coefficient (Wildman–Crippen LogP) is 3.93. The minimum absolute atomic E-state index is 0.136. The number of carbonyl (C=O) groups excluding carboxylic acids is 1. The maximum Gasteiger partial charge on any atom is 0.253 e. The van der Waals surface area contributed by atoms with Crippen LogP contribution in [0.25, 0.3) is 0 Å². The highest BCUT2D eigenvalue weighted by Crippen LogP contribution is 2.11. The fourth-order valence-electron chi connectivity index (χ4n) is 1.57. The van der Waals surface area contributed by atoms with Crippen molar-refractivity contribution in [3.8, 4) is 0 Å². The second-order valence-electron chi connectivity index (χ2n) is 3.85. The van der Waals surface area contributed by atoms with Crippen molar-refractivity contribution in [2.24, 2.45) is 0 Å². The first-order chi connectivity index (χ1) is 8.19. The fourth-order valence-corrected chi connectivity index (χ4v) is 2.54. The largest absolute Gasteiger partial charge is 0.338 e. The van der Waals surface area contributed by atoms with Crippen LogP contribution >= 0.6 is 38.5 Å². The van der Waals surface area contributed by atoms with Crippen LogP contribution in [0.4, 0.5) is 0 Å². The van der Waals surface area contributed by atoms with E-state index in [1.807, 2.05) is 29.2 Å². The molecule has 4 heteroatoms. The number of alkyl halides is 1. The molecule has 0 heterocycles. The van der Waals surface area contributed by atoms with Crippen molar-refractivity contribution in [3.05, 3.63) is 33.4 Å². The zero-order valence-corrected chi connectivity index (χ0v) is 13.7. The minimum Gasteiger partial charge on any atom is -0.338 e. The first-order valence-corrected chi connectivity index (χ1v) is 8.00. The Morgan fingerprint density at radius 3 is 2.76 bits per heavy atom. The van der Waals surface area contributed by atoms with Crippen LogP contribution in [-0.4, -0.2) is 29.2 Å². The van der Waals surface area contributed by atoms with Gasteiger partial charge >= 0.3 is 0 Å². The molecule has 0 aliphatic carbocycles. The van der Waals surface area contributed by atoms with Crippen LogP contribution in [0, 0.1) is 3.57 Å². The Bertz CT molecular complexity index is 370. The molecule has 94 valence electrons. The molecule has 0 aliphatic rings. The second-order valence-corrected chi connectivity index (χ2v) is 5.88. The third kappa shape index (κ3) is 4.95. The van der Waals surface area contributed by atoms with E-state index < -0.39 is 0 Å². The number of hydrogen-bond acceptors (Lipinski definition) is 1. The molecule has 0 unspecified atom stereocenters. The highest BCUT2D eigenvalue weighted by molar-refractivity contribution is 14.1. The van der Waals surface area contributed by atoms with Crippen molar-refractivity contribution in [2.45, 2.75) is 19.8 Å². The zero-order chi connectivity index (χ0) is 12.7. The summed E-state index contributed by atoms with van der Waals surface area (Å²) in [5.74, 6) is 0.136. The molecule has 1 aromatic rings. The van der Waals surface area contributed by atoms with Crippen LogP contribution in [0.5, 0.6) is 0 Å². The Hall–Kier alpha value is -0.100. The first-order valence-electron chi connectivity index (χ1n) is 5.79. The van der Waals surface area contributed by atoms with Gasteiger partial charge in [0.2, 0.25) is 0 Å². The molecule has 0 aliphatic heterocycles. The molecule has 1 aromatic carbocycles. The van der Waals surface area contributed by atoms with E-state index in [4.69, 9.17) is 0 Å². The first kappa shape index (κ1) is 15.0. The normalized spacial score (nSPS) is 10.3. The molecule has 0 atom stereocenters. The molecule has 0 saturated carbocycles. The van der Waals surface area contributed by atoms with Crippen LogP contribution in [0.2, 0.25) is 0 Å². The van der Waals surface area contributed by atoms with Gasteiger partial charge in [0.25, 0.3) is 5.91 Å². The number of amides is 1. The van der Waals surface area contributed by atoms with E-state index >= 15 is 0 Å². The van der Waals surface area contributed by atoms with E-state index in [0.29, 0.717) is 0 Å². The van der Waals surface area contributed by atoms with Gasteiger partial charge in [-0.1, -0.05) is 35.3 Å². The smallest absolute Gasteiger partial charge is 0.253 e. The maximum absolute atomic E-state index is 12.3. The van der Waals surface area contributed by atoms with Crippen LogP contribution in [0.1, 0.15) is 30.1 Å². The minimum atomic E-state index is 0.136. The molecule has 1 amide bonds. The quantitative estimate of drug-likeness (QED) is 0.515. The van der Waals surface area contributed by atoms with Gasteiger partial charge in [0.15, 0.2) is 0 Å². The number of carbonyl (C=O) groups is 1. The summed E-state index contributed by atoms with van der Waals surface area (Å²) in [6, 6.07) is 7.76.